The first-order chi connectivity index (χ1) is 15.7. The second-order valence-corrected chi connectivity index (χ2v) is 8.36. The van der Waals surface area contributed by atoms with Crippen molar-refractivity contribution in [2.75, 3.05) is 20.8 Å². The Morgan fingerprint density at radius 1 is 0.812 bits per heavy atom. The second-order valence-electron chi connectivity index (χ2n) is 8.36. The Labute approximate surface area is 191 Å². The first-order valence-electron chi connectivity index (χ1n) is 11.2. The lowest BCUT2D eigenvalue weighted by Gasteiger charge is -2.37. The summed E-state index contributed by atoms with van der Waals surface area (Å²) < 4.78 is 23.7. The highest BCUT2D eigenvalue weighted by Crippen LogP contribution is 2.42. The number of ether oxygens (including phenoxy) is 4. The molecule has 4 heteroatoms. The molecule has 1 saturated heterocycles. The molecule has 0 amide bonds. The third-order valence-corrected chi connectivity index (χ3v) is 6.15. The Hall–Kier alpha value is -2.66. The number of hydrogen-bond donors (Lipinski definition) is 0. The van der Waals surface area contributed by atoms with E-state index in [0.717, 1.165) is 40.8 Å². The van der Waals surface area contributed by atoms with Gasteiger partial charge in [-0.25, -0.2) is 0 Å². The van der Waals surface area contributed by atoms with Gasteiger partial charge in [-0.2, -0.15) is 0 Å². The summed E-state index contributed by atoms with van der Waals surface area (Å²) in [5, 5.41) is 0. The van der Waals surface area contributed by atoms with Gasteiger partial charge in [0.05, 0.1) is 32.5 Å². The smallest absolute Gasteiger partial charge is 0.143 e. The van der Waals surface area contributed by atoms with Gasteiger partial charge in [0.15, 0.2) is 0 Å². The standard InChI is InChI=1S/C28H32O4/c1-21-9-16-27(32-21)20-31-28(23-7-5-4-6-8-23,25-14-17-26(30-3)18-15-25)24-12-10-22(11-13-24)19-29-2/h4-8,10-15,17-18,21,27H,9,16,19-20H2,1-3H3. The largest absolute Gasteiger partial charge is 0.497 e. The van der Waals surface area contributed by atoms with Crippen LogP contribution < -0.4 is 4.74 Å². The molecule has 3 aromatic carbocycles. The molecule has 32 heavy (non-hydrogen) atoms. The van der Waals surface area contributed by atoms with Crippen LogP contribution in [-0.2, 0) is 26.4 Å². The molecule has 1 aliphatic rings. The molecule has 4 nitrogen and oxygen atoms in total. The monoisotopic (exact) mass is 432 g/mol. The Bertz CT molecular complexity index is 969. The molecule has 0 radical (unpaired) electrons. The quantitative estimate of drug-likeness (QED) is 0.406. The average molecular weight is 433 g/mol. The van der Waals surface area contributed by atoms with E-state index in [-0.39, 0.29) is 12.2 Å². The van der Waals surface area contributed by atoms with Crippen LogP contribution in [0, 0.1) is 0 Å². The van der Waals surface area contributed by atoms with Crippen molar-refractivity contribution >= 4 is 0 Å². The number of hydrogen-bond acceptors (Lipinski definition) is 4. The maximum atomic E-state index is 6.90. The van der Waals surface area contributed by atoms with Crippen molar-refractivity contribution in [1.29, 1.82) is 0 Å². The molecule has 0 aromatic heterocycles. The van der Waals surface area contributed by atoms with Crippen molar-refractivity contribution in [3.05, 3.63) is 101 Å². The first-order valence-corrected chi connectivity index (χ1v) is 11.2. The number of benzene rings is 3. The Kier molecular flexibility index (Phi) is 7.26. The molecule has 3 atom stereocenters. The summed E-state index contributed by atoms with van der Waals surface area (Å²) in [7, 11) is 3.40. The van der Waals surface area contributed by atoms with Crippen molar-refractivity contribution < 1.29 is 18.9 Å². The van der Waals surface area contributed by atoms with Gasteiger partial charge in [0, 0.05) is 7.11 Å². The molecule has 0 saturated carbocycles. The van der Waals surface area contributed by atoms with Crippen molar-refractivity contribution in [3.8, 4) is 5.75 Å². The van der Waals surface area contributed by atoms with E-state index >= 15 is 0 Å². The highest BCUT2D eigenvalue weighted by Gasteiger charge is 2.39. The zero-order valence-electron chi connectivity index (χ0n) is 19.1. The van der Waals surface area contributed by atoms with E-state index in [0.29, 0.717) is 13.2 Å². The van der Waals surface area contributed by atoms with E-state index in [1.807, 2.05) is 18.2 Å². The van der Waals surface area contributed by atoms with Crippen LogP contribution in [0.3, 0.4) is 0 Å². The summed E-state index contributed by atoms with van der Waals surface area (Å²) in [6, 6.07) is 27.1. The van der Waals surface area contributed by atoms with Crippen molar-refractivity contribution in [1.82, 2.24) is 0 Å². The predicted molar refractivity (Wildman–Crippen MR) is 126 cm³/mol. The molecule has 3 unspecified atom stereocenters. The van der Waals surface area contributed by atoms with E-state index in [1.54, 1.807) is 14.2 Å². The number of rotatable bonds is 9. The Morgan fingerprint density at radius 3 is 2.00 bits per heavy atom. The van der Waals surface area contributed by atoms with Gasteiger partial charge >= 0.3 is 0 Å². The fraction of sp³-hybridized carbons (Fsp3) is 0.357. The fourth-order valence-electron chi connectivity index (χ4n) is 4.48. The highest BCUT2D eigenvalue weighted by molar-refractivity contribution is 5.49. The second kappa shape index (κ2) is 10.3. The van der Waals surface area contributed by atoms with Crippen LogP contribution in [0.15, 0.2) is 78.9 Å². The fourth-order valence-corrected chi connectivity index (χ4v) is 4.48. The van der Waals surface area contributed by atoms with Crippen LogP contribution in [0.4, 0.5) is 0 Å². The summed E-state index contributed by atoms with van der Waals surface area (Å²) in [6.07, 6.45) is 2.46. The lowest BCUT2D eigenvalue weighted by Crippen LogP contribution is -2.35. The van der Waals surface area contributed by atoms with E-state index in [2.05, 4.69) is 67.6 Å². The molecule has 168 valence electrons. The van der Waals surface area contributed by atoms with Crippen molar-refractivity contribution in [2.24, 2.45) is 0 Å². The van der Waals surface area contributed by atoms with Gasteiger partial charge in [-0.3, -0.25) is 0 Å². The van der Waals surface area contributed by atoms with E-state index in [4.69, 9.17) is 18.9 Å². The SMILES string of the molecule is COCc1ccc(C(OCC2CCC(C)O2)(c2ccccc2)c2ccc(OC)cc2)cc1. The minimum Gasteiger partial charge on any atom is -0.497 e. The van der Waals surface area contributed by atoms with E-state index in [1.165, 1.54) is 0 Å². The molecule has 3 aromatic rings. The first kappa shape index (κ1) is 22.5. The van der Waals surface area contributed by atoms with Crippen LogP contribution in [0.2, 0.25) is 0 Å². The number of methoxy groups -OCH3 is 2. The van der Waals surface area contributed by atoms with Crippen LogP contribution in [0.5, 0.6) is 5.75 Å². The summed E-state index contributed by atoms with van der Waals surface area (Å²) in [5.74, 6) is 0.819. The summed E-state index contributed by atoms with van der Waals surface area (Å²) in [5.41, 5.74) is 3.56. The molecular weight excluding hydrogens is 400 g/mol. The average Bonchev–Trinajstić information content (AvgIpc) is 3.27. The Balaban J connectivity index is 1.82. The van der Waals surface area contributed by atoms with Crippen LogP contribution in [-0.4, -0.2) is 33.0 Å². The molecule has 0 spiro atoms. The zero-order chi connectivity index (χ0) is 22.4. The predicted octanol–water partition coefficient (Wildman–Crippen LogP) is 5.72. The van der Waals surface area contributed by atoms with Gasteiger partial charge in [-0.05, 0) is 54.2 Å². The van der Waals surface area contributed by atoms with Gasteiger partial charge < -0.3 is 18.9 Å². The molecule has 0 bridgehead atoms. The van der Waals surface area contributed by atoms with Crippen molar-refractivity contribution in [2.45, 2.75) is 44.2 Å². The molecule has 1 aliphatic heterocycles. The van der Waals surface area contributed by atoms with Crippen LogP contribution in [0.1, 0.15) is 42.0 Å². The summed E-state index contributed by atoms with van der Waals surface area (Å²) in [4.78, 5) is 0. The topological polar surface area (TPSA) is 36.9 Å². The van der Waals surface area contributed by atoms with Gasteiger partial charge in [0.1, 0.15) is 11.4 Å². The minimum atomic E-state index is -0.770. The minimum absolute atomic E-state index is 0.0964. The Morgan fingerprint density at radius 2 is 1.44 bits per heavy atom. The maximum absolute atomic E-state index is 6.90. The highest BCUT2D eigenvalue weighted by atomic mass is 16.6. The third kappa shape index (κ3) is 4.73. The van der Waals surface area contributed by atoms with E-state index < -0.39 is 5.60 Å². The lowest BCUT2D eigenvalue weighted by atomic mass is 9.79. The van der Waals surface area contributed by atoms with E-state index in [9.17, 15) is 0 Å². The molecule has 4 rings (SSSR count). The zero-order valence-corrected chi connectivity index (χ0v) is 19.1. The van der Waals surface area contributed by atoms with Crippen LogP contribution in [0.25, 0.3) is 0 Å². The van der Waals surface area contributed by atoms with Gasteiger partial charge in [-0.1, -0.05) is 66.7 Å². The third-order valence-electron chi connectivity index (χ3n) is 6.15. The molecule has 1 fully saturated rings. The molecule has 0 N–H and O–H groups in total. The summed E-state index contributed by atoms with van der Waals surface area (Å²) >= 11 is 0. The van der Waals surface area contributed by atoms with Gasteiger partial charge in [0.25, 0.3) is 0 Å². The summed E-state index contributed by atoms with van der Waals surface area (Å²) in [6.45, 7) is 3.23. The van der Waals surface area contributed by atoms with Crippen LogP contribution >= 0.6 is 0 Å². The molecule has 1 heterocycles. The molecular formula is C28H32O4. The van der Waals surface area contributed by atoms with Gasteiger partial charge in [0.2, 0.25) is 0 Å². The van der Waals surface area contributed by atoms with Crippen molar-refractivity contribution in [3.63, 3.8) is 0 Å². The normalized spacial score (nSPS) is 20.1. The van der Waals surface area contributed by atoms with Gasteiger partial charge in [-0.15, -0.1) is 0 Å². The lowest BCUT2D eigenvalue weighted by molar-refractivity contribution is -0.0586. The maximum Gasteiger partial charge on any atom is 0.143 e. The molecule has 0 aliphatic carbocycles.